The minimum atomic E-state index is -0.206. The van der Waals surface area contributed by atoms with Gasteiger partial charge in [0.1, 0.15) is 11.5 Å². The SMILES string of the molecule is COc1ccc(OC)c([C@H](C)NC(=O)c2ccc(CN3CCC[C@H](C)C3)cc2)c1. The molecule has 1 aliphatic heterocycles. The molecule has 0 spiro atoms. The highest BCUT2D eigenvalue weighted by Gasteiger charge is 2.18. The maximum absolute atomic E-state index is 12.7. The topological polar surface area (TPSA) is 50.8 Å². The van der Waals surface area contributed by atoms with Gasteiger partial charge in [-0.15, -0.1) is 0 Å². The number of methoxy groups -OCH3 is 2. The highest BCUT2D eigenvalue weighted by molar-refractivity contribution is 5.94. The van der Waals surface area contributed by atoms with Crippen molar-refractivity contribution in [3.63, 3.8) is 0 Å². The lowest BCUT2D eigenvalue weighted by atomic mass is 9.99. The zero-order valence-electron chi connectivity index (χ0n) is 17.9. The maximum Gasteiger partial charge on any atom is 0.251 e. The van der Waals surface area contributed by atoms with Gasteiger partial charge in [0.2, 0.25) is 0 Å². The molecule has 2 aromatic rings. The Balaban J connectivity index is 1.63. The smallest absolute Gasteiger partial charge is 0.251 e. The van der Waals surface area contributed by atoms with Crippen molar-refractivity contribution in [1.29, 1.82) is 0 Å². The fourth-order valence-corrected chi connectivity index (χ4v) is 3.99. The molecular weight excluding hydrogens is 364 g/mol. The van der Waals surface area contributed by atoms with Crippen LogP contribution in [0, 0.1) is 5.92 Å². The van der Waals surface area contributed by atoms with Crippen molar-refractivity contribution >= 4 is 5.91 Å². The summed E-state index contributed by atoms with van der Waals surface area (Å²) in [4.78, 5) is 15.2. The summed E-state index contributed by atoms with van der Waals surface area (Å²) in [6.45, 7) is 7.53. The fraction of sp³-hybridized carbons (Fsp3) is 0.458. The van der Waals surface area contributed by atoms with Crippen LogP contribution in [0.25, 0.3) is 0 Å². The third kappa shape index (κ3) is 5.51. The molecule has 0 bridgehead atoms. The molecule has 29 heavy (non-hydrogen) atoms. The van der Waals surface area contributed by atoms with E-state index in [9.17, 15) is 4.79 Å². The molecule has 0 unspecified atom stereocenters. The van der Waals surface area contributed by atoms with Crippen molar-refractivity contribution in [2.45, 2.75) is 39.3 Å². The zero-order valence-corrected chi connectivity index (χ0v) is 17.9. The van der Waals surface area contributed by atoms with Crippen LogP contribution < -0.4 is 14.8 Å². The van der Waals surface area contributed by atoms with Crippen molar-refractivity contribution in [3.8, 4) is 11.5 Å². The van der Waals surface area contributed by atoms with Gasteiger partial charge in [-0.05, 0) is 68.1 Å². The highest BCUT2D eigenvalue weighted by Crippen LogP contribution is 2.29. The number of amides is 1. The molecule has 156 valence electrons. The van der Waals surface area contributed by atoms with Crippen LogP contribution in [0.15, 0.2) is 42.5 Å². The number of hydrogen-bond acceptors (Lipinski definition) is 4. The molecule has 1 saturated heterocycles. The van der Waals surface area contributed by atoms with E-state index < -0.39 is 0 Å². The van der Waals surface area contributed by atoms with Crippen molar-refractivity contribution in [1.82, 2.24) is 10.2 Å². The molecule has 0 aliphatic carbocycles. The van der Waals surface area contributed by atoms with Crippen LogP contribution >= 0.6 is 0 Å². The van der Waals surface area contributed by atoms with Gasteiger partial charge in [-0.1, -0.05) is 19.1 Å². The molecule has 0 aromatic heterocycles. The molecule has 1 amide bonds. The minimum Gasteiger partial charge on any atom is -0.497 e. The Bertz CT molecular complexity index is 819. The maximum atomic E-state index is 12.7. The largest absolute Gasteiger partial charge is 0.497 e. The number of nitrogens with one attached hydrogen (secondary N) is 1. The third-order valence-electron chi connectivity index (χ3n) is 5.61. The molecule has 1 N–H and O–H groups in total. The van der Waals surface area contributed by atoms with Crippen LogP contribution in [0.3, 0.4) is 0 Å². The predicted molar refractivity (Wildman–Crippen MR) is 116 cm³/mol. The summed E-state index contributed by atoms with van der Waals surface area (Å²) in [7, 11) is 3.25. The first-order chi connectivity index (χ1) is 14.0. The molecule has 5 heteroatoms. The average molecular weight is 397 g/mol. The standard InChI is InChI=1S/C24H32N2O3/c1-17-6-5-13-26(15-17)16-19-7-9-20(10-8-19)24(27)25-18(2)22-14-21(28-3)11-12-23(22)29-4/h7-12,14,17-18H,5-6,13,15-16H2,1-4H3,(H,25,27)/t17-,18-/m0/s1. The van der Waals surface area contributed by atoms with Gasteiger partial charge in [0.15, 0.2) is 0 Å². The van der Waals surface area contributed by atoms with Crippen LogP contribution in [0.2, 0.25) is 0 Å². The van der Waals surface area contributed by atoms with Crippen LogP contribution in [0.5, 0.6) is 11.5 Å². The number of piperidine rings is 1. The number of carbonyl (C=O) groups is 1. The van der Waals surface area contributed by atoms with Crippen LogP contribution in [-0.2, 0) is 6.54 Å². The van der Waals surface area contributed by atoms with Gasteiger partial charge in [0.05, 0.1) is 20.3 Å². The monoisotopic (exact) mass is 396 g/mol. The quantitative estimate of drug-likeness (QED) is 0.752. The summed E-state index contributed by atoms with van der Waals surface area (Å²) in [6, 6.07) is 13.3. The highest BCUT2D eigenvalue weighted by atomic mass is 16.5. The summed E-state index contributed by atoms with van der Waals surface area (Å²) in [6.07, 6.45) is 2.60. The van der Waals surface area contributed by atoms with Gasteiger partial charge in [-0.3, -0.25) is 9.69 Å². The van der Waals surface area contributed by atoms with Gasteiger partial charge in [0.25, 0.3) is 5.91 Å². The molecule has 3 rings (SSSR count). The van der Waals surface area contributed by atoms with E-state index in [1.807, 2.05) is 37.3 Å². The van der Waals surface area contributed by atoms with Crippen molar-refractivity contribution in [2.75, 3.05) is 27.3 Å². The second-order valence-electron chi connectivity index (χ2n) is 7.98. The minimum absolute atomic E-state index is 0.0967. The Kier molecular flexibility index (Phi) is 7.15. The number of rotatable bonds is 7. The second kappa shape index (κ2) is 9.79. The third-order valence-corrected chi connectivity index (χ3v) is 5.61. The van der Waals surface area contributed by atoms with Crippen molar-refractivity contribution in [2.24, 2.45) is 5.92 Å². The van der Waals surface area contributed by atoms with Crippen LogP contribution in [0.4, 0.5) is 0 Å². The van der Waals surface area contributed by atoms with E-state index in [1.54, 1.807) is 14.2 Å². The van der Waals surface area contributed by atoms with Gasteiger partial charge >= 0.3 is 0 Å². The van der Waals surface area contributed by atoms with E-state index in [0.29, 0.717) is 5.56 Å². The van der Waals surface area contributed by atoms with E-state index in [0.717, 1.165) is 42.6 Å². The average Bonchev–Trinajstić information content (AvgIpc) is 2.73. The van der Waals surface area contributed by atoms with Crippen molar-refractivity contribution < 1.29 is 14.3 Å². The number of benzene rings is 2. The van der Waals surface area contributed by atoms with E-state index in [2.05, 4.69) is 29.3 Å². The summed E-state index contributed by atoms with van der Waals surface area (Å²) < 4.78 is 10.7. The van der Waals surface area contributed by atoms with Gasteiger partial charge in [0, 0.05) is 24.2 Å². The van der Waals surface area contributed by atoms with Gasteiger partial charge < -0.3 is 14.8 Å². The first kappa shape index (κ1) is 21.2. The molecule has 2 aromatic carbocycles. The number of ether oxygens (including phenoxy) is 2. The summed E-state index contributed by atoms with van der Waals surface area (Å²) in [5.74, 6) is 2.13. The molecule has 1 fully saturated rings. The lowest BCUT2D eigenvalue weighted by Gasteiger charge is -2.30. The lowest BCUT2D eigenvalue weighted by molar-refractivity contribution is 0.0939. The molecule has 0 radical (unpaired) electrons. The first-order valence-corrected chi connectivity index (χ1v) is 10.3. The number of hydrogen-bond donors (Lipinski definition) is 1. The summed E-state index contributed by atoms with van der Waals surface area (Å²) in [5, 5.41) is 3.06. The Morgan fingerprint density at radius 1 is 1.17 bits per heavy atom. The molecule has 2 atom stereocenters. The molecule has 0 saturated carbocycles. The predicted octanol–water partition coefficient (Wildman–Crippen LogP) is 4.43. The molecule has 1 heterocycles. The number of nitrogens with zero attached hydrogens (tertiary/aromatic N) is 1. The number of likely N-dealkylation sites (tertiary alicyclic amines) is 1. The van der Waals surface area contributed by atoms with Crippen molar-refractivity contribution in [3.05, 3.63) is 59.2 Å². The van der Waals surface area contributed by atoms with E-state index in [-0.39, 0.29) is 11.9 Å². The Morgan fingerprint density at radius 2 is 1.93 bits per heavy atom. The summed E-state index contributed by atoms with van der Waals surface area (Å²) in [5.41, 5.74) is 2.80. The fourth-order valence-electron chi connectivity index (χ4n) is 3.99. The van der Waals surface area contributed by atoms with E-state index in [1.165, 1.54) is 18.4 Å². The second-order valence-corrected chi connectivity index (χ2v) is 7.98. The first-order valence-electron chi connectivity index (χ1n) is 10.3. The van der Waals surface area contributed by atoms with Gasteiger partial charge in [-0.2, -0.15) is 0 Å². The van der Waals surface area contributed by atoms with Crippen LogP contribution in [-0.4, -0.2) is 38.1 Å². The van der Waals surface area contributed by atoms with E-state index >= 15 is 0 Å². The molecule has 5 nitrogen and oxygen atoms in total. The molecule has 1 aliphatic rings. The number of carbonyl (C=O) groups excluding carboxylic acids is 1. The van der Waals surface area contributed by atoms with Gasteiger partial charge in [-0.25, -0.2) is 0 Å². The summed E-state index contributed by atoms with van der Waals surface area (Å²) >= 11 is 0. The molecular formula is C24H32N2O3. The Hall–Kier alpha value is -2.53. The zero-order chi connectivity index (χ0) is 20.8. The normalized spacial score (nSPS) is 18.1. The van der Waals surface area contributed by atoms with Crippen LogP contribution in [0.1, 0.15) is 54.2 Å². The Morgan fingerprint density at radius 3 is 2.59 bits per heavy atom. The Labute approximate surface area is 174 Å². The lowest BCUT2D eigenvalue weighted by Crippen LogP contribution is -2.33. The van der Waals surface area contributed by atoms with E-state index in [4.69, 9.17) is 9.47 Å².